The average Bonchev–Trinajstić information content (AvgIpc) is 2.02. The van der Waals surface area contributed by atoms with Gasteiger partial charge in [-0.2, -0.15) is 0 Å². The fraction of sp³-hybridized carbons (Fsp3) is 0.300. The second-order valence-corrected chi connectivity index (χ2v) is 3.59. The molecular formula is C10H12O2W. The molecule has 0 saturated heterocycles. The summed E-state index contributed by atoms with van der Waals surface area (Å²) in [5, 5.41) is 0. The standard InChI is InChI=1S/C10H12O2.W/c1-8(4-5-11)6-9(2)7-10(3)12;/h1,5-6H,2,4,7H2,3H3;. The Morgan fingerprint density at radius 2 is 2.15 bits per heavy atom. The van der Waals surface area contributed by atoms with E-state index in [4.69, 9.17) is 0 Å². The fourth-order valence-electron chi connectivity index (χ4n) is 0.870. The van der Waals surface area contributed by atoms with Crippen molar-refractivity contribution in [3.63, 3.8) is 0 Å². The van der Waals surface area contributed by atoms with Gasteiger partial charge in [-0.3, -0.25) is 0 Å². The molecule has 3 heteroatoms. The number of carbonyl (C=O) groups excluding carboxylic acids is 2. The molecule has 0 saturated carbocycles. The first-order valence-corrected chi connectivity index (χ1v) is 5.56. The van der Waals surface area contributed by atoms with Crippen molar-refractivity contribution in [3.05, 3.63) is 23.8 Å². The number of allylic oxidation sites excluding steroid dienone is 3. The van der Waals surface area contributed by atoms with Gasteiger partial charge in [-0.25, -0.2) is 0 Å². The Kier molecular flexibility index (Phi) is 6.52. The number of hydrogen-bond donors (Lipinski definition) is 0. The van der Waals surface area contributed by atoms with Gasteiger partial charge in [-0.1, -0.05) is 0 Å². The van der Waals surface area contributed by atoms with E-state index in [1.54, 1.807) is 0 Å². The summed E-state index contributed by atoms with van der Waals surface area (Å²) in [6.07, 6.45) is 3.43. The summed E-state index contributed by atoms with van der Waals surface area (Å²) >= 11 is 1.29. The summed E-state index contributed by atoms with van der Waals surface area (Å²) in [6.45, 7) is 5.27. The van der Waals surface area contributed by atoms with E-state index in [2.05, 4.69) is 6.58 Å². The van der Waals surface area contributed by atoms with Gasteiger partial charge in [0, 0.05) is 0 Å². The summed E-state index contributed by atoms with van der Waals surface area (Å²) in [5.41, 5.74) is 1.71. The Morgan fingerprint density at radius 3 is 2.54 bits per heavy atom. The van der Waals surface area contributed by atoms with Crippen molar-refractivity contribution in [2.75, 3.05) is 0 Å². The van der Waals surface area contributed by atoms with Crippen LogP contribution < -0.4 is 0 Å². The second kappa shape index (κ2) is 6.85. The van der Waals surface area contributed by atoms with Crippen molar-refractivity contribution in [1.29, 1.82) is 0 Å². The van der Waals surface area contributed by atoms with Gasteiger partial charge in [0.15, 0.2) is 0 Å². The first-order valence-electron chi connectivity index (χ1n) is 3.86. The van der Waals surface area contributed by atoms with Gasteiger partial charge < -0.3 is 0 Å². The topological polar surface area (TPSA) is 34.1 Å². The van der Waals surface area contributed by atoms with Gasteiger partial charge in [0.1, 0.15) is 0 Å². The van der Waals surface area contributed by atoms with Gasteiger partial charge in [0.05, 0.1) is 0 Å². The molecule has 0 fully saturated rings. The molecule has 0 aliphatic carbocycles. The Bertz CT molecular complexity index is 264. The van der Waals surface area contributed by atoms with Crippen LogP contribution in [0.15, 0.2) is 23.8 Å². The van der Waals surface area contributed by atoms with E-state index in [-0.39, 0.29) is 5.78 Å². The maximum absolute atomic E-state index is 10.7. The van der Waals surface area contributed by atoms with Crippen LogP contribution in [0.3, 0.4) is 0 Å². The minimum atomic E-state index is 0.0927. The zero-order valence-corrected chi connectivity index (χ0v) is 10.5. The normalized spacial score (nSPS) is 10.7. The molecule has 70 valence electrons. The molecule has 0 amide bonds. The molecular weight excluding hydrogens is 336 g/mol. The molecule has 0 aromatic heterocycles. The minimum absolute atomic E-state index is 0.0927. The molecule has 0 heterocycles. The number of Topliss-reactive ketones (excluding diaryl/α,β-unsaturated/α-hetero) is 1. The Balaban J connectivity index is 4.32. The summed E-state index contributed by atoms with van der Waals surface area (Å²) in [4.78, 5) is 20.9. The quantitative estimate of drug-likeness (QED) is 0.537. The predicted octanol–water partition coefficient (Wildman–Crippen LogP) is 1.39. The van der Waals surface area contributed by atoms with Gasteiger partial charge >= 0.3 is 89.0 Å². The van der Waals surface area contributed by atoms with Crippen LogP contribution in [0.5, 0.6) is 0 Å². The third kappa shape index (κ3) is 6.53. The molecule has 0 aromatic rings. The first kappa shape index (κ1) is 12.4. The third-order valence-corrected chi connectivity index (χ3v) is 2.42. The molecule has 0 radical (unpaired) electrons. The van der Waals surface area contributed by atoms with Gasteiger partial charge in [0.25, 0.3) is 0 Å². The monoisotopic (exact) mass is 348 g/mol. The third-order valence-electron chi connectivity index (χ3n) is 1.34. The van der Waals surface area contributed by atoms with Crippen LogP contribution in [0.2, 0.25) is 0 Å². The van der Waals surface area contributed by atoms with Crippen LogP contribution in [0.25, 0.3) is 0 Å². The molecule has 0 N–H and O–H groups in total. The molecule has 0 aliphatic heterocycles. The number of ketones is 1. The maximum atomic E-state index is 10.7. The van der Waals surface area contributed by atoms with Crippen molar-refractivity contribution in [2.24, 2.45) is 0 Å². The average molecular weight is 348 g/mol. The van der Waals surface area contributed by atoms with E-state index >= 15 is 0 Å². The van der Waals surface area contributed by atoms with E-state index in [0.717, 1.165) is 17.4 Å². The van der Waals surface area contributed by atoms with Gasteiger partial charge in [-0.05, 0) is 0 Å². The van der Waals surface area contributed by atoms with Crippen molar-refractivity contribution < 1.29 is 28.9 Å². The van der Waals surface area contributed by atoms with E-state index in [1.807, 2.05) is 10.5 Å². The molecule has 0 unspecified atom stereocenters. The van der Waals surface area contributed by atoms with Crippen molar-refractivity contribution >= 4 is 16.5 Å². The molecule has 0 aromatic carbocycles. The summed E-state index contributed by atoms with van der Waals surface area (Å²) < 4.78 is 1.93. The van der Waals surface area contributed by atoms with Crippen LogP contribution in [0, 0.1) is 0 Å². The molecule has 0 atom stereocenters. The Hall–Kier alpha value is -0.622. The van der Waals surface area contributed by atoms with Crippen LogP contribution in [0.4, 0.5) is 0 Å². The molecule has 0 bridgehead atoms. The molecule has 0 spiro atoms. The van der Waals surface area contributed by atoms with Crippen LogP contribution in [-0.2, 0) is 28.9 Å². The van der Waals surface area contributed by atoms with Gasteiger partial charge in [0.2, 0.25) is 0 Å². The Labute approximate surface area is 89.1 Å². The number of rotatable bonds is 6. The molecule has 2 nitrogen and oxygen atoms in total. The second-order valence-electron chi connectivity index (χ2n) is 2.74. The SMILES string of the molecule is C=C(C=C([CH]=[W])CC=O)CC(C)=O. The zero-order valence-electron chi connectivity index (χ0n) is 7.58. The summed E-state index contributed by atoms with van der Waals surface area (Å²) in [6, 6.07) is 0. The van der Waals surface area contributed by atoms with E-state index in [0.29, 0.717) is 12.8 Å². The van der Waals surface area contributed by atoms with E-state index in [9.17, 15) is 9.59 Å². The van der Waals surface area contributed by atoms with Gasteiger partial charge in [-0.15, -0.1) is 0 Å². The number of hydrogen-bond acceptors (Lipinski definition) is 2. The van der Waals surface area contributed by atoms with Crippen molar-refractivity contribution in [1.82, 2.24) is 0 Å². The molecule has 0 rings (SSSR count). The molecule has 13 heavy (non-hydrogen) atoms. The first-order chi connectivity index (χ1) is 6.10. The van der Waals surface area contributed by atoms with Crippen molar-refractivity contribution in [3.8, 4) is 0 Å². The van der Waals surface area contributed by atoms with E-state index in [1.165, 1.54) is 26.3 Å². The summed E-state index contributed by atoms with van der Waals surface area (Å²) in [7, 11) is 0. The number of aldehydes is 1. The zero-order chi connectivity index (χ0) is 10.3. The van der Waals surface area contributed by atoms with E-state index < -0.39 is 0 Å². The van der Waals surface area contributed by atoms with Crippen LogP contribution in [-0.4, -0.2) is 16.5 Å². The Morgan fingerprint density at radius 1 is 1.54 bits per heavy atom. The summed E-state index contributed by atoms with van der Waals surface area (Å²) in [5.74, 6) is 0.0927. The number of carbonyl (C=O) groups is 2. The van der Waals surface area contributed by atoms with Crippen LogP contribution >= 0.6 is 0 Å². The van der Waals surface area contributed by atoms with Crippen LogP contribution in [0.1, 0.15) is 19.8 Å². The van der Waals surface area contributed by atoms with Crippen molar-refractivity contribution in [2.45, 2.75) is 19.8 Å². The predicted molar refractivity (Wildman–Crippen MR) is 49.3 cm³/mol. The molecule has 0 aliphatic rings. The fourth-order valence-corrected chi connectivity index (χ4v) is 1.46.